The minimum absolute atomic E-state index is 0.522. The number of methoxy groups -OCH3 is 1. The molecular formula is C15H26N2O. The van der Waals surface area contributed by atoms with E-state index in [1.165, 1.54) is 12.8 Å². The lowest BCUT2D eigenvalue weighted by Crippen LogP contribution is -2.27. The molecule has 1 heterocycles. The van der Waals surface area contributed by atoms with Gasteiger partial charge in [0.1, 0.15) is 5.75 Å². The Kier molecular flexibility index (Phi) is 6.13. The monoisotopic (exact) mass is 250 g/mol. The standard InChI is InChI=1S/C15H26N2O/c1-6-11(2)7-12(3)16-10-14-9-15(18-5)8-13(4)17-14/h8-9,11-12,16H,6-7,10H2,1-5H3. The van der Waals surface area contributed by atoms with E-state index in [1.54, 1.807) is 7.11 Å². The van der Waals surface area contributed by atoms with Crippen LogP contribution in [-0.4, -0.2) is 18.1 Å². The van der Waals surface area contributed by atoms with E-state index < -0.39 is 0 Å². The number of pyridine rings is 1. The molecule has 18 heavy (non-hydrogen) atoms. The summed E-state index contributed by atoms with van der Waals surface area (Å²) >= 11 is 0. The van der Waals surface area contributed by atoms with Crippen molar-refractivity contribution in [2.75, 3.05) is 7.11 Å². The van der Waals surface area contributed by atoms with E-state index in [-0.39, 0.29) is 0 Å². The molecule has 3 heteroatoms. The molecule has 2 atom stereocenters. The van der Waals surface area contributed by atoms with E-state index >= 15 is 0 Å². The number of hydrogen-bond donors (Lipinski definition) is 1. The first-order valence-corrected chi connectivity index (χ1v) is 6.80. The molecule has 0 aliphatic carbocycles. The Bertz CT molecular complexity index is 366. The van der Waals surface area contributed by atoms with Gasteiger partial charge in [0.05, 0.1) is 12.8 Å². The number of rotatable bonds is 7. The summed E-state index contributed by atoms with van der Waals surface area (Å²) in [5.74, 6) is 1.65. The normalized spacial score (nSPS) is 14.3. The molecule has 1 aromatic heterocycles. The Morgan fingerprint density at radius 3 is 2.67 bits per heavy atom. The number of aryl methyl sites for hydroxylation is 1. The molecule has 0 aliphatic heterocycles. The van der Waals surface area contributed by atoms with Crippen LogP contribution in [-0.2, 0) is 6.54 Å². The highest BCUT2D eigenvalue weighted by atomic mass is 16.5. The molecular weight excluding hydrogens is 224 g/mol. The van der Waals surface area contributed by atoms with Crippen LogP contribution >= 0.6 is 0 Å². The zero-order valence-corrected chi connectivity index (χ0v) is 12.3. The van der Waals surface area contributed by atoms with Crippen LogP contribution in [0, 0.1) is 12.8 Å². The van der Waals surface area contributed by atoms with E-state index in [0.717, 1.165) is 29.6 Å². The van der Waals surface area contributed by atoms with Crippen LogP contribution in [0.3, 0.4) is 0 Å². The topological polar surface area (TPSA) is 34.1 Å². The molecule has 102 valence electrons. The summed E-state index contributed by atoms with van der Waals surface area (Å²) in [6, 6.07) is 4.47. The van der Waals surface area contributed by atoms with Gasteiger partial charge in [0.25, 0.3) is 0 Å². The van der Waals surface area contributed by atoms with Gasteiger partial charge in [-0.25, -0.2) is 0 Å². The number of nitrogens with zero attached hydrogens (tertiary/aromatic N) is 1. The predicted molar refractivity (Wildman–Crippen MR) is 75.9 cm³/mol. The van der Waals surface area contributed by atoms with Crippen molar-refractivity contribution >= 4 is 0 Å². The van der Waals surface area contributed by atoms with Gasteiger partial charge >= 0.3 is 0 Å². The zero-order valence-electron chi connectivity index (χ0n) is 12.3. The van der Waals surface area contributed by atoms with Crippen molar-refractivity contribution in [2.24, 2.45) is 5.92 Å². The largest absolute Gasteiger partial charge is 0.497 e. The van der Waals surface area contributed by atoms with E-state index in [0.29, 0.717) is 6.04 Å². The lowest BCUT2D eigenvalue weighted by atomic mass is 10.0. The van der Waals surface area contributed by atoms with Gasteiger partial charge in [-0.05, 0) is 26.2 Å². The fourth-order valence-corrected chi connectivity index (χ4v) is 2.04. The van der Waals surface area contributed by atoms with Crippen LogP contribution in [0.2, 0.25) is 0 Å². The Morgan fingerprint density at radius 2 is 2.06 bits per heavy atom. The third-order valence-corrected chi connectivity index (χ3v) is 3.30. The van der Waals surface area contributed by atoms with Gasteiger partial charge in [0, 0.05) is 30.4 Å². The Morgan fingerprint density at radius 1 is 1.33 bits per heavy atom. The van der Waals surface area contributed by atoms with Gasteiger partial charge in [0.15, 0.2) is 0 Å². The third-order valence-electron chi connectivity index (χ3n) is 3.30. The minimum Gasteiger partial charge on any atom is -0.497 e. The average molecular weight is 250 g/mol. The molecule has 1 aromatic rings. The molecule has 0 aromatic carbocycles. The van der Waals surface area contributed by atoms with Crippen LogP contribution in [0.15, 0.2) is 12.1 Å². The maximum atomic E-state index is 5.26. The SMILES string of the molecule is CCC(C)CC(C)NCc1cc(OC)cc(C)n1. The average Bonchev–Trinajstić information content (AvgIpc) is 2.35. The smallest absolute Gasteiger partial charge is 0.122 e. The van der Waals surface area contributed by atoms with Crippen molar-refractivity contribution in [3.05, 3.63) is 23.5 Å². The molecule has 3 nitrogen and oxygen atoms in total. The van der Waals surface area contributed by atoms with Crippen molar-refractivity contribution in [3.8, 4) is 5.75 Å². The fourth-order valence-electron chi connectivity index (χ4n) is 2.04. The third kappa shape index (κ3) is 5.05. The van der Waals surface area contributed by atoms with Crippen molar-refractivity contribution in [2.45, 2.75) is 53.1 Å². The van der Waals surface area contributed by atoms with Gasteiger partial charge in [0.2, 0.25) is 0 Å². The van der Waals surface area contributed by atoms with Crippen LogP contribution < -0.4 is 10.1 Å². The number of ether oxygens (including phenoxy) is 1. The summed E-state index contributed by atoms with van der Waals surface area (Å²) in [5, 5.41) is 3.52. The molecule has 0 fully saturated rings. The molecule has 0 saturated carbocycles. The summed E-state index contributed by atoms with van der Waals surface area (Å²) in [7, 11) is 1.69. The van der Waals surface area contributed by atoms with Crippen LogP contribution in [0.25, 0.3) is 0 Å². The minimum atomic E-state index is 0.522. The number of aromatic nitrogens is 1. The molecule has 0 saturated heterocycles. The predicted octanol–water partition coefficient (Wildman–Crippen LogP) is 3.31. The number of hydrogen-bond acceptors (Lipinski definition) is 3. The van der Waals surface area contributed by atoms with Crippen molar-refractivity contribution in [1.82, 2.24) is 10.3 Å². The molecule has 0 radical (unpaired) electrons. The van der Waals surface area contributed by atoms with E-state index in [4.69, 9.17) is 4.74 Å². The second-order valence-corrected chi connectivity index (χ2v) is 5.17. The summed E-state index contributed by atoms with van der Waals surface area (Å²) in [6.45, 7) is 9.57. The van der Waals surface area contributed by atoms with Gasteiger partial charge in [-0.3, -0.25) is 4.98 Å². The maximum absolute atomic E-state index is 5.26. The molecule has 0 aliphatic rings. The zero-order chi connectivity index (χ0) is 13.5. The Balaban J connectivity index is 2.50. The van der Waals surface area contributed by atoms with E-state index in [1.807, 2.05) is 19.1 Å². The van der Waals surface area contributed by atoms with Crippen LogP contribution in [0.4, 0.5) is 0 Å². The summed E-state index contributed by atoms with van der Waals surface area (Å²) < 4.78 is 5.26. The first-order chi connectivity index (χ1) is 8.55. The summed E-state index contributed by atoms with van der Waals surface area (Å²) in [5.41, 5.74) is 2.04. The van der Waals surface area contributed by atoms with Crippen LogP contribution in [0.1, 0.15) is 45.0 Å². The van der Waals surface area contributed by atoms with Crippen molar-refractivity contribution in [3.63, 3.8) is 0 Å². The second kappa shape index (κ2) is 7.37. The highest BCUT2D eigenvalue weighted by molar-refractivity contribution is 5.26. The van der Waals surface area contributed by atoms with Crippen LogP contribution in [0.5, 0.6) is 5.75 Å². The second-order valence-electron chi connectivity index (χ2n) is 5.17. The molecule has 0 amide bonds. The fraction of sp³-hybridized carbons (Fsp3) is 0.667. The molecule has 0 spiro atoms. The first kappa shape index (κ1) is 15.0. The molecule has 1 rings (SSSR count). The van der Waals surface area contributed by atoms with Gasteiger partial charge < -0.3 is 10.1 Å². The Labute approximate surface area is 111 Å². The highest BCUT2D eigenvalue weighted by Gasteiger charge is 2.07. The lowest BCUT2D eigenvalue weighted by molar-refractivity contribution is 0.404. The van der Waals surface area contributed by atoms with Crippen molar-refractivity contribution < 1.29 is 4.74 Å². The quantitative estimate of drug-likeness (QED) is 0.806. The van der Waals surface area contributed by atoms with Crippen molar-refractivity contribution in [1.29, 1.82) is 0 Å². The molecule has 0 bridgehead atoms. The summed E-state index contributed by atoms with van der Waals surface area (Å²) in [6.07, 6.45) is 2.45. The number of nitrogens with one attached hydrogen (secondary N) is 1. The molecule has 1 N–H and O–H groups in total. The van der Waals surface area contributed by atoms with Gasteiger partial charge in [-0.15, -0.1) is 0 Å². The maximum Gasteiger partial charge on any atom is 0.122 e. The van der Waals surface area contributed by atoms with Gasteiger partial charge in [-0.1, -0.05) is 20.3 Å². The Hall–Kier alpha value is -1.09. The molecule has 2 unspecified atom stereocenters. The first-order valence-electron chi connectivity index (χ1n) is 6.80. The lowest BCUT2D eigenvalue weighted by Gasteiger charge is -2.17. The van der Waals surface area contributed by atoms with Gasteiger partial charge in [-0.2, -0.15) is 0 Å². The van der Waals surface area contributed by atoms with E-state index in [2.05, 4.69) is 31.1 Å². The highest BCUT2D eigenvalue weighted by Crippen LogP contribution is 2.14. The summed E-state index contributed by atoms with van der Waals surface area (Å²) in [4.78, 5) is 4.51. The van der Waals surface area contributed by atoms with E-state index in [9.17, 15) is 0 Å².